The maximum atomic E-state index is 12.4. The molecular weight excluding hydrogens is 1340 g/mol. The van der Waals surface area contributed by atoms with Crippen molar-refractivity contribution in [2.75, 3.05) is 86.2 Å². The molecule has 10 rings (SSSR count). The topological polar surface area (TPSA) is 198 Å². The SMILES string of the molecule is C[Si](C)(C)CCOCN(COCC[Si](C)(C)C)c1c(Br)c(C2CCS(=O)(=O)CC2)nc2c(-c3ccc(-c4ccccc4)nc3)cnn12.C[Si](C)(C)CCOCN(COCC[Si](C)(C)C)c1cc(C2CCS(=O)(=O)CC2)nc2c(-c3ccc(-c4ccccc4)nc3)cnn12. The van der Waals surface area contributed by atoms with Crippen LogP contribution in [0.4, 0.5) is 11.6 Å². The molecule has 2 aliphatic rings. The van der Waals surface area contributed by atoms with Gasteiger partial charge in [0.2, 0.25) is 0 Å². The molecule has 2 aliphatic heterocycles. The Labute approximate surface area is 564 Å². The molecule has 2 aromatic carbocycles. The fraction of sp³-hybridized carbons (Fsp3) is 0.500. The van der Waals surface area contributed by atoms with E-state index < -0.39 is 52.0 Å². The summed E-state index contributed by atoms with van der Waals surface area (Å²) in [5.74, 6) is 2.32. The van der Waals surface area contributed by atoms with E-state index in [1.165, 1.54) is 0 Å². The molecule has 0 saturated carbocycles. The van der Waals surface area contributed by atoms with Crippen molar-refractivity contribution < 1.29 is 35.8 Å². The highest BCUT2D eigenvalue weighted by atomic mass is 79.9. The van der Waals surface area contributed by atoms with E-state index in [1.807, 2.05) is 107 Å². The number of aromatic nitrogens is 8. The third-order valence-corrected chi connectivity index (χ3v) is 27.9. The number of fused-ring (bicyclic) bond motifs is 2. The summed E-state index contributed by atoms with van der Waals surface area (Å²) in [7, 11) is -11.1. The van der Waals surface area contributed by atoms with Crippen LogP contribution in [0.2, 0.25) is 103 Å². The van der Waals surface area contributed by atoms with Crippen LogP contribution in [0.25, 0.3) is 56.1 Å². The van der Waals surface area contributed by atoms with Crippen molar-refractivity contribution in [1.82, 2.24) is 39.2 Å². The van der Waals surface area contributed by atoms with Crippen molar-refractivity contribution in [3.63, 3.8) is 0 Å². The number of pyridine rings is 2. The average Bonchev–Trinajstić information content (AvgIpc) is 1.69. The second-order valence-corrected chi connectivity index (χ2v) is 57.6. The molecule has 2 fully saturated rings. The van der Waals surface area contributed by atoms with Crippen molar-refractivity contribution >= 4 is 90.8 Å². The van der Waals surface area contributed by atoms with Gasteiger partial charge in [0.05, 0.1) is 57.0 Å². The highest BCUT2D eigenvalue weighted by Crippen LogP contribution is 2.41. The Bertz CT molecular complexity index is 3900. The summed E-state index contributed by atoms with van der Waals surface area (Å²) in [5.41, 5.74) is 10.6. The highest BCUT2D eigenvalue weighted by molar-refractivity contribution is 9.10. The van der Waals surface area contributed by atoms with Crippen LogP contribution < -0.4 is 9.80 Å². The molecule has 25 heteroatoms. The number of hydrogen-bond acceptors (Lipinski definition) is 16. The smallest absolute Gasteiger partial charge is 0.165 e. The molecule has 18 nitrogen and oxygen atoms in total. The molecule has 6 aromatic heterocycles. The number of hydrogen-bond donors (Lipinski definition) is 0. The van der Waals surface area contributed by atoms with Crippen molar-refractivity contribution in [3.05, 3.63) is 132 Å². The van der Waals surface area contributed by atoms with Gasteiger partial charge in [0.1, 0.15) is 52.4 Å². The zero-order chi connectivity index (χ0) is 66.8. The Morgan fingerprint density at radius 3 is 1.26 bits per heavy atom. The van der Waals surface area contributed by atoms with Gasteiger partial charge in [-0.1, -0.05) is 151 Å². The van der Waals surface area contributed by atoms with Crippen LogP contribution >= 0.6 is 15.9 Å². The molecule has 0 atom stereocenters. The van der Waals surface area contributed by atoms with Crippen molar-refractivity contribution in [2.45, 2.75) is 140 Å². The quantitative estimate of drug-likeness (QED) is 0.0255. The van der Waals surface area contributed by atoms with Crippen LogP contribution in [0, 0.1) is 0 Å². The standard InChI is InChI=1S/C34H48BrN5O4SSi2.C34H49N5O4SSi2/c1-46(2,3)20-16-43-24-39(25-44-17-21-47(4,5)6)34-31(35)32(27-14-18-45(41,42)19-15-27)38-33-29(23-37-40(33)34)28-12-13-30(36-22-28)26-10-8-7-9-11-26;1-45(2,3)20-16-42-25-38(26-43-17-21-46(4,5)6)33-22-32(28-14-18-44(40,41)19-15-28)37-34-30(24-36-39(33)34)29-12-13-31(35-23-29)27-10-8-7-9-11-27/h7-13,22-23,27H,14-21,24-25H2,1-6H3;7-13,22-24,28H,14-21,25-26H2,1-6H3. The van der Waals surface area contributed by atoms with Gasteiger partial charge in [0.15, 0.2) is 17.1 Å². The summed E-state index contributed by atoms with van der Waals surface area (Å²) in [4.78, 5) is 24.1. The second-order valence-electron chi connectivity index (χ2n) is 29.7. The minimum absolute atomic E-state index is 0.0135. The van der Waals surface area contributed by atoms with Crippen LogP contribution in [0.15, 0.2) is 120 Å². The Kier molecular flexibility index (Phi) is 24.2. The average molecular weight is 1440 g/mol. The lowest BCUT2D eigenvalue weighted by molar-refractivity contribution is 0.0939. The molecule has 0 spiro atoms. The molecule has 502 valence electrons. The van der Waals surface area contributed by atoms with Crippen LogP contribution in [-0.4, -0.2) is 165 Å². The summed E-state index contributed by atoms with van der Waals surface area (Å²) in [6.45, 7) is 32.3. The molecule has 8 aromatic rings. The van der Waals surface area contributed by atoms with E-state index in [2.05, 4.69) is 122 Å². The van der Waals surface area contributed by atoms with Gasteiger partial charge in [-0.25, -0.2) is 26.8 Å². The first-order valence-electron chi connectivity index (χ1n) is 32.7. The number of sulfone groups is 2. The summed E-state index contributed by atoms with van der Waals surface area (Å²) < 4.78 is 79.0. The predicted octanol–water partition coefficient (Wildman–Crippen LogP) is 15.1. The van der Waals surface area contributed by atoms with E-state index in [9.17, 15) is 16.8 Å². The normalized spacial score (nSPS) is 15.8. The zero-order valence-corrected chi connectivity index (χ0v) is 63.9. The number of rotatable bonds is 28. The molecular formula is C68H97BrN10O8S2Si4. The van der Waals surface area contributed by atoms with E-state index in [-0.39, 0.29) is 34.8 Å². The Hall–Kier alpha value is -5.33. The first kappa shape index (κ1) is 71.9. The summed E-state index contributed by atoms with van der Waals surface area (Å²) >= 11 is 3.93. The molecule has 0 unspecified atom stereocenters. The Morgan fingerprint density at radius 1 is 0.473 bits per heavy atom. The van der Waals surface area contributed by atoms with E-state index in [4.69, 9.17) is 49.1 Å². The zero-order valence-electron chi connectivity index (χ0n) is 56.7. The fourth-order valence-electron chi connectivity index (χ4n) is 10.9. The van der Waals surface area contributed by atoms with Crippen LogP contribution in [0.5, 0.6) is 0 Å². The Morgan fingerprint density at radius 2 is 0.860 bits per heavy atom. The summed E-state index contributed by atoms with van der Waals surface area (Å²) in [6, 6.07) is 34.7. The van der Waals surface area contributed by atoms with Gasteiger partial charge in [-0.2, -0.15) is 19.2 Å². The minimum atomic E-state index is -3.04. The van der Waals surface area contributed by atoms with Crippen LogP contribution in [0.3, 0.4) is 0 Å². The minimum Gasteiger partial charge on any atom is -0.361 e. The molecule has 2 saturated heterocycles. The van der Waals surface area contributed by atoms with Crippen LogP contribution in [-0.2, 0) is 38.6 Å². The number of halogens is 1. The molecule has 0 amide bonds. The predicted molar refractivity (Wildman–Crippen MR) is 393 cm³/mol. The Balaban J connectivity index is 0.000000219. The van der Waals surface area contributed by atoms with Crippen molar-refractivity contribution in [3.8, 4) is 44.8 Å². The van der Waals surface area contributed by atoms with Crippen molar-refractivity contribution in [2.24, 2.45) is 0 Å². The number of ether oxygens (including phenoxy) is 4. The molecule has 0 radical (unpaired) electrons. The van der Waals surface area contributed by atoms with Gasteiger partial charge in [-0.05, 0) is 77.9 Å². The molecule has 8 heterocycles. The lowest BCUT2D eigenvalue weighted by Crippen LogP contribution is -2.34. The maximum Gasteiger partial charge on any atom is 0.165 e. The number of nitrogens with zero attached hydrogens (tertiary/aromatic N) is 10. The van der Waals surface area contributed by atoms with Crippen molar-refractivity contribution in [1.29, 1.82) is 0 Å². The summed E-state index contributed by atoms with van der Waals surface area (Å²) in [6.07, 6.45) is 9.59. The largest absolute Gasteiger partial charge is 0.361 e. The number of benzene rings is 2. The van der Waals surface area contributed by atoms with Gasteiger partial charge in [0.25, 0.3) is 0 Å². The lowest BCUT2D eigenvalue weighted by atomic mass is 9.98. The molecule has 0 bridgehead atoms. The van der Waals surface area contributed by atoms with Gasteiger partial charge in [-0.3, -0.25) is 9.97 Å². The monoisotopic (exact) mass is 1440 g/mol. The van der Waals surface area contributed by atoms with Crippen LogP contribution in [0.1, 0.15) is 48.9 Å². The fourth-order valence-corrected chi connectivity index (χ4v) is 17.7. The van der Waals surface area contributed by atoms with Gasteiger partial charge >= 0.3 is 0 Å². The van der Waals surface area contributed by atoms with E-state index >= 15 is 0 Å². The molecule has 93 heavy (non-hydrogen) atoms. The first-order chi connectivity index (χ1) is 44.0. The maximum absolute atomic E-state index is 12.4. The van der Waals surface area contributed by atoms with E-state index in [0.29, 0.717) is 90.3 Å². The lowest BCUT2D eigenvalue weighted by Gasteiger charge is -2.29. The van der Waals surface area contributed by atoms with Gasteiger partial charge in [-0.15, -0.1) is 0 Å². The van der Waals surface area contributed by atoms with Gasteiger partial charge in [0, 0.05) is 128 Å². The summed E-state index contributed by atoms with van der Waals surface area (Å²) in [5, 5.41) is 9.70. The van der Waals surface area contributed by atoms with E-state index in [1.54, 1.807) is 0 Å². The number of anilines is 2. The molecule has 0 aliphatic carbocycles. The third kappa shape index (κ3) is 20.8. The highest BCUT2D eigenvalue weighted by Gasteiger charge is 2.33. The third-order valence-electron chi connectivity index (χ3n) is 16.9. The second kappa shape index (κ2) is 31.2. The van der Waals surface area contributed by atoms with E-state index in [0.717, 1.165) is 96.4 Å². The van der Waals surface area contributed by atoms with Gasteiger partial charge < -0.3 is 28.7 Å². The first-order valence-corrected chi connectivity index (χ1v) is 52.0. The molecule has 0 N–H and O–H groups in total.